The molecule has 0 amide bonds. The molecule has 0 aliphatic carbocycles. The molecule has 178 valence electrons. The second-order valence-corrected chi connectivity index (χ2v) is 7.86. The van der Waals surface area contributed by atoms with Crippen molar-refractivity contribution in [2.45, 2.75) is 24.7 Å². The molecule has 0 saturated carbocycles. The van der Waals surface area contributed by atoms with Gasteiger partial charge in [-0.3, -0.25) is 4.79 Å². The Morgan fingerprint density at radius 1 is 0.882 bits per heavy atom. The van der Waals surface area contributed by atoms with Gasteiger partial charge in [-0.05, 0) is 35.4 Å². The second-order valence-electron chi connectivity index (χ2n) is 7.86. The number of hydrogen-bond donors (Lipinski definition) is 7. The smallest absolute Gasteiger partial charge is 0.202 e. The summed E-state index contributed by atoms with van der Waals surface area (Å²) in [5.74, 6) is -2.71. The minimum absolute atomic E-state index is 0.0121. The SMILES string of the molecule is O=C1c2c(O)cc(O)cc2O[C@H](c2ccc(O[C@@H](CO)Cc3ccc(O)c(O)c3)c(O)c2)[C@H]1O. The first-order chi connectivity index (χ1) is 16.2. The zero-order valence-corrected chi connectivity index (χ0v) is 17.6. The van der Waals surface area contributed by atoms with Gasteiger partial charge < -0.3 is 45.2 Å². The van der Waals surface area contributed by atoms with Crippen LogP contribution in [0.25, 0.3) is 0 Å². The number of rotatable bonds is 6. The molecule has 3 atom stereocenters. The molecule has 0 bridgehead atoms. The van der Waals surface area contributed by atoms with Crippen LogP contribution in [0.4, 0.5) is 0 Å². The first-order valence-electron chi connectivity index (χ1n) is 10.2. The molecule has 10 nitrogen and oxygen atoms in total. The van der Waals surface area contributed by atoms with Gasteiger partial charge in [0.25, 0.3) is 0 Å². The third-order valence-corrected chi connectivity index (χ3v) is 5.43. The highest BCUT2D eigenvalue weighted by Gasteiger charge is 2.39. The van der Waals surface area contributed by atoms with Gasteiger partial charge in [-0.25, -0.2) is 0 Å². The lowest BCUT2D eigenvalue weighted by Gasteiger charge is -2.30. The summed E-state index contributed by atoms with van der Waals surface area (Å²) < 4.78 is 11.3. The number of aromatic hydroxyl groups is 5. The van der Waals surface area contributed by atoms with Crippen molar-refractivity contribution in [3.8, 4) is 40.2 Å². The zero-order chi connectivity index (χ0) is 24.6. The highest BCUT2D eigenvalue weighted by Crippen LogP contribution is 2.43. The molecule has 0 spiro atoms. The first kappa shape index (κ1) is 23.0. The predicted molar refractivity (Wildman–Crippen MR) is 117 cm³/mol. The van der Waals surface area contributed by atoms with E-state index in [2.05, 4.69) is 0 Å². The highest BCUT2D eigenvalue weighted by molar-refractivity contribution is 6.05. The number of phenolic OH excluding ortho intramolecular Hbond substituents is 5. The Morgan fingerprint density at radius 2 is 1.65 bits per heavy atom. The summed E-state index contributed by atoms with van der Waals surface area (Å²) >= 11 is 0. The fourth-order valence-electron chi connectivity index (χ4n) is 3.76. The van der Waals surface area contributed by atoms with Gasteiger partial charge >= 0.3 is 0 Å². The fourth-order valence-corrected chi connectivity index (χ4v) is 3.76. The van der Waals surface area contributed by atoms with E-state index in [1.54, 1.807) is 6.07 Å². The Hall–Kier alpha value is -4.15. The topological polar surface area (TPSA) is 177 Å². The average molecular weight is 470 g/mol. The van der Waals surface area contributed by atoms with Gasteiger partial charge in [-0.2, -0.15) is 0 Å². The molecule has 10 heteroatoms. The van der Waals surface area contributed by atoms with Crippen molar-refractivity contribution in [1.29, 1.82) is 0 Å². The Balaban J connectivity index is 1.54. The van der Waals surface area contributed by atoms with Crippen LogP contribution < -0.4 is 9.47 Å². The van der Waals surface area contributed by atoms with Crippen molar-refractivity contribution < 1.29 is 50.0 Å². The van der Waals surface area contributed by atoms with Crippen molar-refractivity contribution in [3.63, 3.8) is 0 Å². The standard InChI is InChI=1S/C24H22O10/c25-10-14(5-11-1-3-15(27)16(28)6-11)33-19-4-2-12(7-17(19)29)24-23(32)22(31)21-18(30)8-13(26)9-20(21)34-24/h1-4,6-9,14,23-30,32H,5,10H2/t14-,23+,24-/m1/s1. The van der Waals surface area contributed by atoms with E-state index in [0.717, 1.165) is 12.1 Å². The van der Waals surface area contributed by atoms with Gasteiger partial charge in [0.2, 0.25) is 5.78 Å². The van der Waals surface area contributed by atoms with E-state index in [-0.39, 0.29) is 52.0 Å². The summed E-state index contributed by atoms with van der Waals surface area (Å²) in [6, 6.07) is 10.3. The number of hydrogen-bond acceptors (Lipinski definition) is 10. The lowest BCUT2D eigenvalue weighted by molar-refractivity contribution is 0.0209. The van der Waals surface area contributed by atoms with Crippen LogP contribution in [0.1, 0.15) is 27.6 Å². The van der Waals surface area contributed by atoms with Crippen LogP contribution in [-0.4, -0.2) is 60.3 Å². The summed E-state index contributed by atoms with van der Waals surface area (Å²) in [7, 11) is 0. The number of fused-ring (bicyclic) bond motifs is 1. The molecule has 7 N–H and O–H groups in total. The van der Waals surface area contributed by atoms with Crippen LogP contribution in [0.3, 0.4) is 0 Å². The maximum absolute atomic E-state index is 12.6. The Bertz CT molecular complexity index is 1240. The normalized spacial score (nSPS) is 18.1. The van der Waals surface area contributed by atoms with Crippen molar-refractivity contribution >= 4 is 5.78 Å². The van der Waals surface area contributed by atoms with Crippen LogP contribution in [0.15, 0.2) is 48.5 Å². The van der Waals surface area contributed by atoms with E-state index in [9.17, 15) is 40.5 Å². The Labute approximate surface area is 193 Å². The van der Waals surface area contributed by atoms with Crippen LogP contribution in [-0.2, 0) is 6.42 Å². The fraction of sp³-hybridized carbons (Fsp3) is 0.208. The summed E-state index contributed by atoms with van der Waals surface area (Å²) in [5.41, 5.74) is 0.549. The van der Waals surface area contributed by atoms with E-state index >= 15 is 0 Å². The second kappa shape index (κ2) is 9.00. The van der Waals surface area contributed by atoms with Crippen molar-refractivity contribution in [2.75, 3.05) is 6.61 Å². The molecule has 0 radical (unpaired) electrons. The first-order valence-corrected chi connectivity index (χ1v) is 10.2. The van der Waals surface area contributed by atoms with E-state index in [1.165, 1.54) is 30.3 Å². The number of aliphatic hydroxyl groups excluding tert-OH is 2. The number of carbonyl (C=O) groups is 1. The lowest BCUT2D eigenvalue weighted by atomic mass is 9.92. The quantitative estimate of drug-likeness (QED) is 0.263. The van der Waals surface area contributed by atoms with Crippen LogP contribution in [0.2, 0.25) is 0 Å². The third kappa shape index (κ3) is 4.36. The van der Waals surface area contributed by atoms with E-state index in [1.807, 2.05) is 0 Å². The number of aliphatic hydroxyl groups is 2. The summed E-state index contributed by atoms with van der Waals surface area (Å²) in [6.45, 7) is -0.411. The monoisotopic (exact) mass is 470 g/mol. The van der Waals surface area contributed by atoms with Crippen molar-refractivity contribution in [1.82, 2.24) is 0 Å². The van der Waals surface area contributed by atoms with Crippen LogP contribution in [0.5, 0.6) is 40.2 Å². The van der Waals surface area contributed by atoms with E-state index in [0.29, 0.717) is 5.56 Å². The van der Waals surface area contributed by atoms with Gasteiger partial charge in [0, 0.05) is 18.6 Å². The lowest BCUT2D eigenvalue weighted by Crippen LogP contribution is -2.36. The molecule has 3 aromatic rings. The largest absolute Gasteiger partial charge is 0.508 e. The number of ether oxygens (including phenoxy) is 2. The molecule has 0 fully saturated rings. The van der Waals surface area contributed by atoms with Gasteiger partial charge in [-0.15, -0.1) is 0 Å². The molecule has 4 rings (SSSR count). The minimum Gasteiger partial charge on any atom is -0.508 e. The maximum atomic E-state index is 12.6. The zero-order valence-electron chi connectivity index (χ0n) is 17.6. The third-order valence-electron chi connectivity index (χ3n) is 5.43. The number of phenols is 5. The van der Waals surface area contributed by atoms with Crippen LogP contribution in [0, 0.1) is 0 Å². The molecule has 1 aliphatic heterocycles. The summed E-state index contributed by atoms with van der Waals surface area (Å²) in [6.07, 6.45) is -3.54. The number of Topliss-reactive ketones (excluding diaryl/α,β-unsaturated/α-hetero) is 1. The molecule has 0 unspecified atom stereocenters. The molecular formula is C24H22O10. The molecule has 0 aromatic heterocycles. The van der Waals surface area contributed by atoms with Gasteiger partial charge in [0.1, 0.15) is 28.9 Å². The van der Waals surface area contributed by atoms with Crippen LogP contribution >= 0.6 is 0 Å². The van der Waals surface area contributed by atoms with Gasteiger partial charge in [-0.1, -0.05) is 12.1 Å². The van der Waals surface area contributed by atoms with Gasteiger partial charge in [0.15, 0.2) is 35.2 Å². The molecular weight excluding hydrogens is 448 g/mol. The molecule has 1 aliphatic rings. The molecule has 34 heavy (non-hydrogen) atoms. The van der Waals surface area contributed by atoms with Crippen molar-refractivity contribution in [3.05, 3.63) is 65.2 Å². The Morgan fingerprint density at radius 3 is 2.32 bits per heavy atom. The minimum atomic E-state index is -1.68. The summed E-state index contributed by atoms with van der Waals surface area (Å²) in [5, 5.41) is 69.2. The molecule has 1 heterocycles. The number of carbonyl (C=O) groups excluding carboxylic acids is 1. The van der Waals surface area contributed by atoms with E-state index < -0.39 is 36.5 Å². The van der Waals surface area contributed by atoms with Crippen molar-refractivity contribution in [2.24, 2.45) is 0 Å². The highest BCUT2D eigenvalue weighted by atomic mass is 16.5. The average Bonchev–Trinajstić information content (AvgIpc) is 2.78. The maximum Gasteiger partial charge on any atom is 0.202 e. The van der Waals surface area contributed by atoms with E-state index in [4.69, 9.17) is 9.47 Å². The molecule has 0 saturated heterocycles. The predicted octanol–water partition coefficient (Wildman–Crippen LogP) is 1.87. The number of benzene rings is 3. The van der Waals surface area contributed by atoms with Gasteiger partial charge in [0.05, 0.1) is 6.61 Å². The summed E-state index contributed by atoms with van der Waals surface area (Å²) in [4.78, 5) is 12.6. The molecule has 3 aromatic carbocycles. The number of ketones is 1. The Kier molecular flexibility index (Phi) is 6.10.